The number of hydrogen-bond acceptors (Lipinski definition) is 2. The van der Waals surface area contributed by atoms with Crippen LogP contribution in [-0.2, 0) is 9.84 Å². The van der Waals surface area contributed by atoms with Gasteiger partial charge in [-0.3, -0.25) is 0 Å². The fourth-order valence-electron chi connectivity index (χ4n) is 0.593. The molecule has 0 saturated heterocycles. The van der Waals surface area contributed by atoms with E-state index in [0.717, 1.165) is 0 Å². The van der Waals surface area contributed by atoms with Crippen molar-refractivity contribution < 1.29 is 34.8 Å². The van der Waals surface area contributed by atoms with Crippen molar-refractivity contribution in [2.75, 3.05) is 11.5 Å². The summed E-state index contributed by atoms with van der Waals surface area (Å²) in [5.74, 6) is -3.74. The Morgan fingerprint density at radius 1 is 0.857 bits per heavy atom. The highest BCUT2D eigenvalue weighted by Crippen LogP contribution is 2.23. The molecule has 0 heterocycles. The number of halogens is 6. The first-order chi connectivity index (χ1) is 5.91. The van der Waals surface area contributed by atoms with E-state index in [1.54, 1.807) is 0 Å². The largest absolute Gasteiger partial charge is 0.402 e. The Kier molecular flexibility index (Phi) is 3.82. The highest BCUT2D eigenvalue weighted by Gasteiger charge is 2.37. The van der Waals surface area contributed by atoms with Crippen LogP contribution in [0.4, 0.5) is 26.3 Å². The van der Waals surface area contributed by atoms with Gasteiger partial charge >= 0.3 is 12.4 Å². The van der Waals surface area contributed by atoms with Gasteiger partial charge in [0.05, 0.1) is 12.2 Å². The Balaban J connectivity index is 4.25. The van der Waals surface area contributed by atoms with Gasteiger partial charge in [0, 0.05) is 0 Å². The summed E-state index contributed by atoms with van der Waals surface area (Å²) in [6, 6.07) is 0. The quantitative estimate of drug-likeness (QED) is 0.711. The number of hydrogen-bond donors (Lipinski definition) is 0. The minimum Gasteiger partial charge on any atom is -0.228 e. The Bertz CT molecular complexity index is 274. The molecular formula is C5H6F6O2S. The molecule has 0 spiro atoms. The molecule has 2 nitrogen and oxygen atoms in total. The molecule has 0 aliphatic rings. The monoisotopic (exact) mass is 244 g/mol. The highest BCUT2D eigenvalue weighted by molar-refractivity contribution is 7.91. The molecular weight excluding hydrogens is 238 g/mol. The molecule has 0 aliphatic heterocycles. The van der Waals surface area contributed by atoms with Crippen LogP contribution in [0.25, 0.3) is 0 Å². The first-order valence-corrected chi connectivity index (χ1v) is 5.07. The summed E-state index contributed by atoms with van der Waals surface area (Å²) < 4.78 is 89.9. The summed E-state index contributed by atoms with van der Waals surface area (Å²) >= 11 is 0. The lowest BCUT2D eigenvalue weighted by atomic mass is 10.5. The maximum Gasteiger partial charge on any atom is 0.402 e. The van der Waals surface area contributed by atoms with Gasteiger partial charge in [-0.15, -0.1) is 0 Å². The Morgan fingerprint density at radius 3 is 1.57 bits per heavy atom. The van der Waals surface area contributed by atoms with Gasteiger partial charge in [0.2, 0.25) is 0 Å². The molecule has 0 amide bonds. The number of alkyl halides is 6. The molecule has 0 N–H and O–H groups in total. The summed E-state index contributed by atoms with van der Waals surface area (Å²) in [4.78, 5) is 0. The van der Waals surface area contributed by atoms with E-state index in [1.807, 2.05) is 0 Å². The maximum atomic E-state index is 11.5. The van der Waals surface area contributed by atoms with Gasteiger partial charge in [-0.2, -0.15) is 26.3 Å². The van der Waals surface area contributed by atoms with E-state index >= 15 is 0 Å². The second kappa shape index (κ2) is 3.95. The van der Waals surface area contributed by atoms with Crippen LogP contribution in [0.3, 0.4) is 0 Å². The molecule has 0 aromatic rings. The van der Waals surface area contributed by atoms with Crippen LogP contribution in [0.1, 0.15) is 6.42 Å². The minimum absolute atomic E-state index is 1.53. The molecule has 0 rings (SSSR count). The third kappa shape index (κ3) is 8.14. The molecule has 0 radical (unpaired) electrons. The summed E-state index contributed by atoms with van der Waals surface area (Å²) in [6.07, 6.45) is -11.5. The van der Waals surface area contributed by atoms with Crippen LogP contribution < -0.4 is 0 Å². The SMILES string of the molecule is O=S(=O)(CCC(F)(F)F)CC(F)(F)F. The number of sulfone groups is 1. The van der Waals surface area contributed by atoms with E-state index in [4.69, 9.17) is 0 Å². The average Bonchev–Trinajstić information content (AvgIpc) is 1.76. The van der Waals surface area contributed by atoms with E-state index in [9.17, 15) is 34.8 Å². The Labute approximate surface area is 75.8 Å². The van der Waals surface area contributed by atoms with Crippen LogP contribution in [0.15, 0.2) is 0 Å². The topological polar surface area (TPSA) is 34.1 Å². The molecule has 14 heavy (non-hydrogen) atoms. The zero-order valence-electron chi connectivity index (χ0n) is 6.61. The van der Waals surface area contributed by atoms with Gasteiger partial charge in [-0.05, 0) is 0 Å². The molecule has 0 atom stereocenters. The standard InChI is InChI=1S/C5H6F6O2S/c6-4(7,8)1-2-14(12,13)3-5(9,10)11/h1-3H2. The van der Waals surface area contributed by atoms with Crippen LogP contribution in [0.5, 0.6) is 0 Å². The summed E-state index contributed by atoms with van der Waals surface area (Å²) in [5, 5.41) is 0. The number of rotatable bonds is 3. The summed E-state index contributed by atoms with van der Waals surface area (Å²) in [7, 11) is -4.72. The molecule has 0 unspecified atom stereocenters. The first-order valence-electron chi connectivity index (χ1n) is 3.25. The molecule has 86 valence electrons. The second-order valence-electron chi connectivity index (χ2n) is 2.57. The lowest BCUT2D eigenvalue weighted by molar-refractivity contribution is -0.130. The van der Waals surface area contributed by atoms with E-state index in [-0.39, 0.29) is 0 Å². The summed E-state index contributed by atoms with van der Waals surface area (Å²) in [6.45, 7) is 0. The fraction of sp³-hybridized carbons (Fsp3) is 1.00. The summed E-state index contributed by atoms with van der Waals surface area (Å²) in [5.41, 5.74) is 0. The van der Waals surface area contributed by atoms with Gasteiger partial charge in [0.25, 0.3) is 0 Å². The first kappa shape index (κ1) is 13.5. The molecule has 9 heteroatoms. The van der Waals surface area contributed by atoms with Gasteiger partial charge in [-0.1, -0.05) is 0 Å². The molecule has 0 fully saturated rings. The van der Waals surface area contributed by atoms with Gasteiger partial charge in [-0.25, -0.2) is 8.42 Å². The zero-order chi connectivity index (χ0) is 11.6. The van der Waals surface area contributed by atoms with Crippen molar-refractivity contribution in [1.29, 1.82) is 0 Å². The molecule has 0 aromatic heterocycles. The average molecular weight is 244 g/mol. The zero-order valence-corrected chi connectivity index (χ0v) is 7.43. The Morgan fingerprint density at radius 2 is 1.29 bits per heavy atom. The van der Waals surface area contributed by atoms with Crippen molar-refractivity contribution in [3.8, 4) is 0 Å². The fourth-order valence-corrected chi connectivity index (χ4v) is 1.78. The molecule has 0 bridgehead atoms. The van der Waals surface area contributed by atoms with Gasteiger partial charge in [0.15, 0.2) is 9.84 Å². The van der Waals surface area contributed by atoms with Crippen LogP contribution in [0, 0.1) is 0 Å². The van der Waals surface area contributed by atoms with Crippen molar-refractivity contribution >= 4 is 9.84 Å². The van der Waals surface area contributed by atoms with Gasteiger partial charge < -0.3 is 0 Å². The second-order valence-corrected chi connectivity index (χ2v) is 4.76. The van der Waals surface area contributed by atoms with Crippen molar-refractivity contribution in [3.05, 3.63) is 0 Å². The molecule has 0 aromatic carbocycles. The van der Waals surface area contributed by atoms with E-state index in [1.165, 1.54) is 0 Å². The van der Waals surface area contributed by atoms with Crippen LogP contribution >= 0.6 is 0 Å². The lowest BCUT2D eigenvalue weighted by Crippen LogP contribution is -2.27. The Hall–Kier alpha value is -0.470. The normalized spacial score (nSPS) is 14.4. The molecule has 0 saturated carbocycles. The maximum absolute atomic E-state index is 11.5. The van der Waals surface area contributed by atoms with Crippen molar-refractivity contribution in [1.82, 2.24) is 0 Å². The van der Waals surface area contributed by atoms with Crippen molar-refractivity contribution in [2.24, 2.45) is 0 Å². The third-order valence-corrected chi connectivity index (χ3v) is 2.67. The van der Waals surface area contributed by atoms with E-state index < -0.39 is 40.1 Å². The third-order valence-electron chi connectivity index (χ3n) is 1.08. The predicted molar refractivity (Wildman–Crippen MR) is 35.4 cm³/mol. The highest BCUT2D eigenvalue weighted by atomic mass is 32.2. The van der Waals surface area contributed by atoms with E-state index in [2.05, 4.69) is 0 Å². The minimum atomic E-state index is -5.00. The van der Waals surface area contributed by atoms with Gasteiger partial charge in [0.1, 0.15) is 5.75 Å². The predicted octanol–water partition coefficient (Wildman–Crippen LogP) is 1.92. The lowest BCUT2D eigenvalue weighted by Gasteiger charge is -2.09. The van der Waals surface area contributed by atoms with Crippen molar-refractivity contribution in [2.45, 2.75) is 18.8 Å². The van der Waals surface area contributed by atoms with Crippen LogP contribution in [0.2, 0.25) is 0 Å². The van der Waals surface area contributed by atoms with Crippen molar-refractivity contribution in [3.63, 3.8) is 0 Å². The van der Waals surface area contributed by atoms with Crippen LogP contribution in [-0.4, -0.2) is 32.3 Å². The van der Waals surface area contributed by atoms with E-state index in [0.29, 0.717) is 0 Å². The molecule has 0 aliphatic carbocycles. The smallest absolute Gasteiger partial charge is 0.228 e.